The molecule has 0 radical (unpaired) electrons. The Balaban J connectivity index is 1.89. The highest BCUT2D eigenvalue weighted by Crippen LogP contribution is 2.35. The van der Waals surface area contributed by atoms with E-state index >= 15 is 0 Å². The van der Waals surface area contributed by atoms with Gasteiger partial charge in [0.05, 0.1) is 17.7 Å². The second-order valence-corrected chi connectivity index (χ2v) is 5.70. The zero-order valence-electron chi connectivity index (χ0n) is 11.9. The van der Waals surface area contributed by atoms with E-state index in [0.29, 0.717) is 10.6 Å². The van der Waals surface area contributed by atoms with Gasteiger partial charge < -0.3 is 4.74 Å². The number of hydrogen-bond donors (Lipinski definition) is 1. The smallest absolute Gasteiger partial charge is 0.271 e. The zero-order chi connectivity index (χ0) is 15.5. The molecule has 110 valence electrons. The van der Waals surface area contributed by atoms with Crippen LogP contribution < -0.4 is 9.64 Å². The minimum absolute atomic E-state index is 0.177. The van der Waals surface area contributed by atoms with Crippen molar-refractivity contribution in [3.63, 3.8) is 0 Å². The lowest BCUT2D eigenvalue weighted by Gasteiger charge is -2.14. The molecule has 0 bridgehead atoms. The molecule has 0 aromatic heterocycles. The van der Waals surface area contributed by atoms with Crippen molar-refractivity contribution in [2.24, 2.45) is 0 Å². The summed E-state index contributed by atoms with van der Waals surface area (Å²) < 4.78 is 5.11. The number of ether oxygens (including phenoxy) is 1. The third-order valence-corrected chi connectivity index (χ3v) is 4.14. The minimum atomic E-state index is -0.177. The standard InChI is InChI=1S/C17H14N2O2S/c1-21-14-9-7-13(8-10-14)19-16(20)15(22-17(19)18)11-12-5-3-2-4-6-12/h2-11,18H,1H3/b15-11-,18-17?. The number of carbonyl (C=O) groups is 1. The number of methoxy groups -OCH3 is 1. The van der Waals surface area contributed by atoms with Crippen molar-refractivity contribution in [1.82, 2.24) is 0 Å². The fourth-order valence-corrected chi connectivity index (χ4v) is 3.02. The number of amides is 1. The first-order valence-electron chi connectivity index (χ1n) is 6.70. The Morgan fingerprint density at radius 1 is 1.09 bits per heavy atom. The first kappa shape index (κ1) is 14.4. The van der Waals surface area contributed by atoms with Crippen LogP contribution in [-0.4, -0.2) is 18.2 Å². The van der Waals surface area contributed by atoms with Gasteiger partial charge in [-0.3, -0.25) is 15.1 Å². The van der Waals surface area contributed by atoms with Gasteiger partial charge in [0.2, 0.25) is 0 Å². The Labute approximate surface area is 132 Å². The Morgan fingerprint density at radius 3 is 2.41 bits per heavy atom. The van der Waals surface area contributed by atoms with Crippen LogP contribution in [0.4, 0.5) is 5.69 Å². The molecule has 1 amide bonds. The second kappa shape index (κ2) is 6.07. The fraction of sp³-hybridized carbons (Fsp3) is 0.0588. The van der Waals surface area contributed by atoms with Crippen molar-refractivity contribution in [3.8, 4) is 5.75 Å². The molecule has 1 fully saturated rings. The van der Waals surface area contributed by atoms with Gasteiger partial charge in [-0.05, 0) is 47.7 Å². The highest BCUT2D eigenvalue weighted by Gasteiger charge is 2.33. The van der Waals surface area contributed by atoms with Crippen LogP contribution in [0.1, 0.15) is 5.56 Å². The highest BCUT2D eigenvalue weighted by molar-refractivity contribution is 8.19. The summed E-state index contributed by atoms with van der Waals surface area (Å²) in [5.74, 6) is 0.540. The van der Waals surface area contributed by atoms with Gasteiger partial charge in [-0.25, -0.2) is 0 Å². The van der Waals surface area contributed by atoms with Crippen molar-refractivity contribution in [2.45, 2.75) is 0 Å². The summed E-state index contributed by atoms with van der Waals surface area (Å²) in [6, 6.07) is 16.7. The molecule has 2 aromatic rings. The molecule has 3 rings (SSSR count). The number of nitrogens with one attached hydrogen (secondary N) is 1. The SMILES string of the molecule is COc1ccc(N2C(=N)S/C(=C\c3ccccc3)C2=O)cc1. The summed E-state index contributed by atoms with van der Waals surface area (Å²) in [4.78, 5) is 14.5. The summed E-state index contributed by atoms with van der Waals surface area (Å²) in [6.45, 7) is 0. The maximum Gasteiger partial charge on any atom is 0.271 e. The van der Waals surface area contributed by atoms with Crippen LogP contribution in [0.15, 0.2) is 59.5 Å². The van der Waals surface area contributed by atoms with Crippen molar-refractivity contribution in [1.29, 1.82) is 5.41 Å². The number of rotatable bonds is 3. The number of hydrogen-bond acceptors (Lipinski definition) is 4. The summed E-state index contributed by atoms with van der Waals surface area (Å²) in [6.07, 6.45) is 1.81. The molecule has 0 spiro atoms. The molecular weight excluding hydrogens is 296 g/mol. The fourth-order valence-electron chi connectivity index (χ4n) is 2.15. The molecule has 1 saturated heterocycles. The van der Waals surface area contributed by atoms with Crippen LogP contribution in [0, 0.1) is 5.41 Å². The van der Waals surface area contributed by atoms with Gasteiger partial charge in [-0.1, -0.05) is 30.3 Å². The van der Waals surface area contributed by atoms with Gasteiger partial charge in [0.1, 0.15) is 5.75 Å². The zero-order valence-corrected chi connectivity index (χ0v) is 12.8. The molecule has 1 aliphatic heterocycles. The van der Waals surface area contributed by atoms with E-state index in [-0.39, 0.29) is 11.1 Å². The number of carbonyl (C=O) groups excluding carboxylic acids is 1. The predicted molar refractivity (Wildman–Crippen MR) is 90.2 cm³/mol. The Hall–Kier alpha value is -2.53. The van der Waals surface area contributed by atoms with Crippen LogP contribution >= 0.6 is 11.8 Å². The molecule has 2 aromatic carbocycles. The van der Waals surface area contributed by atoms with Crippen LogP contribution in [0.2, 0.25) is 0 Å². The molecule has 1 heterocycles. The average molecular weight is 310 g/mol. The van der Waals surface area contributed by atoms with Gasteiger partial charge in [0.25, 0.3) is 5.91 Å². The largest absolute Gasteiger partial charge is 0.497 e. The van der Waals surface area contributed by atoms with E-state index in [9.17, 15) is 4.79 Å². The number of nitrogens with zero attached hydrogens (tertiary/aromatic N) is 1. The number of thioether (sulfide) groups is 1. The third kappa shape index (κ3) is 2.76. The van der Waals surface area contributed by atoms with Crippen LogP contribution in [0.25, 0.3) is 6.08 Å². The lowest BCUT2D eigenvalue weighted by atomic mass is 10.2. The first-order valence-corrected chi connectivity index (χ1v) is 7.52. The number of amidine groups is 1. The van der Waals surface area contributed by atoms with E-state index < -0.39 is 0 Å². The molecule has 1 aliphatic rings. The Kier molecular flexibility index (Phi) is 3.98. The number of benzene rings is 2. The van der Waals surface area contributed by atoms with Crippen LogP contribution in [0.5, 0.6) is 5.75 Å². The maximum atomic E-state index is 12.5. The molecule has 0 atom stereocenters. The maximum absolute atomic E-state index is 12.5. The highest BCUT2D eigenvalue weighted by atomic mass is 32.2. The Bertz CT molecular complexity index is 739. The van der Waals surface area contributed by atoms with E-state index in [1.54, 1.807) is 31.4 Å². The summed E-state index contributed by atoms with van der Waals surface area (Å²) in [5.41, 5.74) is 1.61. The van der Waals surface area contributed by atoms with Gasteiger partial charge in [-0.15, -0.1) is 0 Å². The first-order chi connectivity index (χ1) is 10.7. The van der Waals surface area contributed by atoms with E-state index in [0.717, 1.165) is 11.3 Å². The summed E-state index contributed by atoms with van der Waals surface area (Å²) in [7, 11) is 1.59. The van der Waals surface area contributed by atoms with Crippen LogP contribution in [-0.2, 0) is 4.79 Å². The molecular formula is C17H14N2O2S. The molecule has 0 unspecified atom stereocenters. The monoisotopic (exact) mass is 310 g/mol. The van der Waals surface area contributed by atoms with Gasteiger partial charge >= 0.3 is 0 Å². The molecule has 0 saturated carbocycles. The van der Waals surface area contributed by atoms with Gasteiger partial charge in [0, 0.05) is 0 Å². The van der Waals surface area contributed by atoms with Gasteiger partial charge in [0.15, 0.2) is 5.17 Å². The Morgan fingerprint density at radius 2 is 1.77 bits per heavy atom. The minimum Gasteiger partial charge on any atom is -0.497 e. The lowest BCUT2D eigenvalue weighted by molar-refractivity contribution is -0.113. The van der Waals surface area contributed by atoms with Crippen molar-refractivity contribution < 1.29 is 9.53 Å². The third-order valence-electron chi connectivity index (χ3n) is 3.25. The van der Waals surface area contributed by atoms with Gasteiger partial charge in [-0.2, -0.15) is 0 Å². The summed E-state index contributed by atoms with van der Waals surface area (Å²) in [5, 5.41) is 8.27. The van der Waals surface area contributed by atoms with E-state index in [4.69, 9.17) is 10.1 Å². The van der Waals surface area contributed by atoms with Crippen molar-refractivity contribution >= 4 is 34.6 Å². The molecule has 22 heavy (non-hydrogen) atoms. The summed E-state index contributed by atoms with van der Waals surface area (Å²) >= 11 is 1.17. The van der Waals surface area contributed by atoms with E-state index in [1.807, 2.05) is 36.4 Å². The molecule has 0 aliphatic carbocycles. The molecule has 4 nitrogen and oxygen atoms in total. The quantitative estimate of drug-likeness (QED) is 0.878. The van der Waals surface area contributed by atoms with E-state index in [2.05, 4.69) is 0 Å². The normalized spacial score (nSPS) is 16.4. The van der Waals surface area contributed by atoms with Crippen molar-refractivity contribution in [3.05, 3.63) is 65.1 Å². The predicted octanol–water partition coefficient (Wildman–Crippen LogP) is 3.75. The topological polar surface area (TPSA) is 53.4 Å². The lowest BCUT2D eigenvalue weighted by Crippen LogP contribution is -2.27. The van der Waals surface area contributed by atoms with Crippen LogP contribution in [0.3, 0.4) is 0 Å². The van der Waals surface area contributed by atoms with Crippen molar-refractivity contribution in [2.75, 3.05) is 12.0 Å². The van der Waals surface area contributed by atoms with E-state index in [1.165, 1.54) is 16.7 Å². The molecule has 5 heteroatoms. The average Bonchev–Trinajstić information content (AvgIpc) is 2.82. The second-order valence-electron chi connectivity index (χ2n) is 4.67. The molecule has 1 N–H and O–H groups in total. The number of anilines is 1.